The molecule has 0 fully saturated rings. The molecule has 10 heteroatoms. The lowest BCUT2D eigenvalue weighted by Crippen LogP contribution is -2.19. The summed E-state index contributed by atoms with van der Waals surface area (Å²) in [4.78, 5) is 23.4. The Morgan fingerprint density at radius 3 is 2.67 bits per heavy atom. The molecule has 7 nitrogen and oxygen atoms in total. The Morgan fingerprint density at radius 1 is 1.29 bits per heavy atom. The van der Waals surface area contributed by atoms with Crippen LogP contribution in [0.2, 0.25) is 0 Å². The van der Waals surface area contributed by atoms with E-state index in [-0.39, 0.29) is 16.9 Å². The standard InChI is InChI=1S/C14H15FN4O3S2/c1-3-22-11(20)8(2)23-14-19-18-13(24-14)17-12(21)16-10-6-4-9(15)5-7-10/h4-8H,3H2,1-2H3,(H2,16,17,18,21)/t8-/m0/s1. The number of halogens is 1. The summed E-state index contributed by atoms with van der Waals surface area (Å²) in [6.07, 6.45) is 0. The van der Waals surface area contributed by atoms with Gasteiger partial charge in [-0.2, -0.15) is 0 Å². The minimum absolute atomic E-state index is 0.285. The van der Waals surface area contributed by atoms with Gasteiger partial charge in [-0.1, -0.05) is 23.1 Å². The third-order valence-corrected chi connectivity index (χ3v) is 4.63. The minimum atomic E-state index is -0.521. The Kier molecular flexibility index (Phi) is 6.50. The van der Waals surface area contributed by atoms with Gasteiger partial charge in [0.25, 0.3) is 0 Å². The van der Waals surface area contributed by atoms with Crippen LogP contribution in [-0.4, -0.2) is 34.1 Å². The number of aromatic nitrogens is 2. The van der Waals surface area contributed by atoms with E-state index < -0.39 is 11.3 Å². The highest BCUT2D eigenvalue weighted by Crippen LogP contribution is 2.29. The highest BCUT2D eigenvalue weighted by atomic mass is 32.2. The van der Waals surface area contributed by atoms with E-state index in [1.165, 1.54) is 36.0 Å². The molecule has 0 unspecified atom stereocenters. The minimum Gasteiger partial charge on any atom is -0.465 e. The molecule has 0 aliphatic heterocycles. The van der Waals surface area contributed by atoms with E-state index in [4.69, 9.17) is 4.74 Å². The van der Waals surface area contributed by atoms with E-state index in [2.05, 4.69) is 20.8 Å². The van der Waals surface area contributed by atoms with Crippen molar-refractivity contribution < 1.29 is 18.7 Å². The average molecular weight is 370 g/mol. The molecule has 1 atom stereocenters. The van der Waals surface area contributed by atoms with E-state index in [1.54, 1.807) is 13.8 Å². The van der Waals surface area contributed by atoms with Gasteiger partial charge in [0.05, 0.1) is 6.61 Å². The lowest BCUT2D eigenvalue weighted by Gasteiger charge is -2.07. The molecule has 2 aromatic rings. The zero-order valence-corrected chi connectivity index (χ0v) is 14.5. The summed E-state index contributed by atoms with van der Waals surface area (Å²) in [5.41, 5.74) is 0.448. The molecule has 0 bridgehead atoms. The number of anilines is 2. The van der Waals surface area contributed by atoms with E-state index in [0.717, 1.165) is 11.3 Å². The fraction of sp³-hybridized carbons (Fsp3) is 0.286. The summed E-state index contributed by atoms with van der Waals surface area (Å²) in [7, 11) is 0. The van der Waals surface area contributed by atoms with Gasteiger partial charge in [-0.05, 0) is 38.1 Å². The predicted molar refractivity (Wildman–Crippen MR) is 90.9 cm³/mol. The zero-order chi connectivity index (χ0) is 17.5. The number of carbonyl (C=O) groups is 2. The fourth-order valence-corrected chi connectivity index (χ4v) is 3.45. The van der Waals surface area contributed by atoms with Crippen LogP contribution in [0.25, 0.3) is 0 Å². The Hall–Kier alpha value is -2.20. The first-order valence-electron chi connectivity index (χ1n) is 6.98. The van der Waals surface area contributed by atoms with Gasteiger partial charge in [0, 0.05) is 5.69 Å². The second-order valence-electron chi connectivity index (χ2n) is 4.47. The quantitative estimate of drug-likeness (QED) is 0.460. The van der Waals surface area contributed by atoms with Crippen molar-refractivity contribution >= 4 is 45.9 Å². The fourth-order valence-electron chi connectivity index (χ4n) is 1.56. The third kappa shape index (κ3) is 5.46. The molecule has 1 aromatic heterocycles. The number of carbonyl (C=O) groups excluding carboxylic acids is 2. The van der Waals surface area contributed by atoms with Crippen molar-refractivity contribution in [1.29, 1.82) is 0 Å². The van der Waals surface area contributed by atoms with Crippen LogP contribution in [0.5, 0.6) is 0 Å². The topological polar surface area (TPSA) is 93.2 Å². The number of urea groups is 1. The van der Waals surface area contributed by atoms with Crippen molar-refractivity contribution in [1.82, 2.24) is 10.2 Å². The van der Waals surface area contributed by atoms with Crippen LogP contribution in [-0.2, 0) is 9.53 Å². The van der Waals surface area contributed by atoms with E-state index >= 15 is 0 Å². The normalized spacial score (nSPS) is 11.6. The number of hydrogen-bond donors (Lipinski definition) is 2. The molecule has 0 spiro atoms. The van der Waals surface area contributed by atoms with Gasteiger partial charge < -0.3 is 10.1 Å². The SMILES string of the molecule is CCOC(=O)[C@H](C)Sc1nnc(NC(=O)Nc2ccc(F)cc2)s1. The summed E-state index contributed by atoms with van der Waals surface area (Å²) in [6.45, 7) is 3.76. The van der Waals surface area contributed by atoms with Gasteiger partial charge in [0.15, 0.2) is 4.34 Å². The number of hydrogen-bond acceptors (Lipinski definition) is 7. The zero-order valence-electron chi connectivity index (χ0n) is 12.9. The molecule has 0 saturated carbocycles. The number of esters is 1. The van der Waals surface area contributed by atoms with Crippen molar-refractivity contribution in [2.75, 3.05) is 17.2 Å². The molecular weight excluding hydrogens is 355 g/mol. The second-order valence-corrected chi connectivity index (χ2v) is 7.04. The van der Waals surface area contributed by atoms with Crippen LogP contribution < -0.4 is 10.6 Å². The molecule has 1 heterocycles. The van der Waals surface area contributed by atoms with Crippen LogP contribution in [0.3, 0.4) is 0 Å². The number of amides is 2. The molecule has 1 aromatic carbocycles. The summed E-state index contributed by atoms with van der Waals surface area (Å²) in [5.74, 6) is -0.719. The van der Waals surface area contributed by atoms with Crippen LogP contribution in [0.1, 0.15) is 13.8 Å². The van der Waals surface area contributed by atoms with Crippen molar-refractivity contribution in [3.05, 3.63) is 30.1 Å². The molecule has 24 heavy (non-hydrogen) atoms. The van der Waals surface area contributed by atoms with Gasteiger partial charge in [-0.15, -0.1) is 10.2 Å². The molecule has 0 aliphatic rings. The van der Waals surface area contributed by atoms with E-state index in [9.17, 15) is 14.0 Å². The Bertz CT molecular complexity index is 708. The largest absolute Gasteiger partial charge is 0.465 e. The van der Waals surface area contributed by atoms with E-state index in [0.29, 0.717) is 16.6 Å². The summed E-state index contributed by atoms with van der Waals surface area (Å²) >= 11 is 2.34. The summed E-state index contributed by atoms with van der Waals surface area (Å²) in [6, 6.07) is 4.85. The molecular formula is C14H15FN4O3S2. The van der Waals surface area contributed by atoms with Crippen LogP contribution >= 0.6 is 23.1 Å². The van der Waals surface area contributed by atoms with Crippen molar-refractivity contribution in [2.24, 2.45) is 0 Å². The number of benzene rings is 1. The molecule has 2 amide bonds. The second kappa shape index (κ2) is 8.60. The number of rotatable bonds is 6. The average Bonchev–Trinajstić information content (AvgIpc) is 2.96. The van der Waals surface area contributed by atoms with E-state index in [1.807, 2.05) is 0 Å². The Morgan fingerprint density at radius 2 is 2.00 bits per heavy atom. The molecule has 0 radical (unpaired) electrons. The maximum absolute atomic E-state index is 12.8. The molecule has 2 rings (SSSR count). The van der Waals surface area contributed by atoms with Crippen molar-refractivity contribution in [3.8, 4) is 0 Å². The molecule has 0 aliphatic carbocycles. The van der Waals surface area contributed by atoms with Gasteiger partial charge >= 0.3 is 12.0 Å². The Balaban J connectivity index is 1.87. The molecule has 2 N–H and O–H groups in total. The highest BCUT2D eigenvalue weighted by molar-refractivity contribution is 8.02. The van der Waals surface area contributed by atoms with Crippen LogP contribution in [0, 0.1) is 5.82 Å². The lowest BCUT2D eigenvalue weighted by molar-refractivity contribution is -0.142. The van der Waals surface area contributed by atoms with Gasteiger partial charge in [0.1, 0.15) is 11.1 Å². The molecule has 0 saturated heterocycles. The van der Waals surface area contributed by atoms with Crippen LogP contribution in [0.15, 0.2) is 28.6 Å². The first kappa shape index (κ1) is 18.1. The number of thioether (sulfide) groups is 1. The monoisotopic (exact) mass is 370 g/mol. The maximum atomic E-state index is 12.8. The summed E-state index contributed by atoms with van der Waals surface area (Å²) in [5, 5.41) is 12.7. The predicted octanol–water partition coefficient (Wildman–Crippen LogP) is 3.36. The highest BCUT2D eigenvalue weighted by Gasteiger charge is 2.18. The number of nitrogens with one attached hydrogen (secondary N) is 2. The van der Waals surface area contributed by atoms with Crippen molar-refractivity contribution in [2.45, 2.75) is 23.4 Å². The van der Waals surface area contributed by atoms with Crippen molar-refractivity contribution in [3.63, 3.8) is 0 Å². The lowest BCUT2D eigenvalue weighted by atomic mass is 10.3. The van der Waals surface area contributed by atoms with Crippen LogP contribution in [0.4, 0.5) is 20.0 Å². The molecule has 128 valence electrons. The third-order valence-electron chi connectivity index (χ3n) is 2.63. The Labute approximate surface area is 146 Å². The number of ether oxygens (including phenoxy) is 1. The smallest absolute Gasteiger partial charge is 0.325 e. The van der Waals surface area contributed by atoms with Gasteiger partial charge in [0.2, 0.25) is 5.13 Å². The first-order valence-corrected chi connectivity index (χ1v) is 8.68. The number of nitrogens with zero attached hydrogens (tertiary/aromatic N) is 2. The summed E-state index contributed by atoms with van der Waals surface area (Å²) < 4.78 is 18.3. The first-order chi connectivity index (χ1) is 11.5. The van der Waals surface area contributed by atoms with Gasteiger partial charge in [-0.3, -0.25) is 10.1 Å². The maximum Gasteiger partial charge on any atom is 0.325 e. The van der Waals surface area contributed by atoms with Gasteiger partial charge in [-0.25, -0.2) is 9.18 Å².